The number of nitrogens with zero attached hydrogens (tertiary/aromatic N) is 1. The Morgan fingerprint density at radius 1 is 1.30 bits per heavy atom. The van der Waals surface area contributed by atoms with Crippen LogP contribution in [0.3, 0.4) is 0 Å². The van der Waals surface area contributed by atoms with Gasteiger partial charge in [-0.3, -0.25) is 9.59 Å². The summed E-state index contributed by atoms with van der Waals surface area (Å²) in [5, 5.41) is 5.02. The van der Waals surface area contributed by atoms with Crippen molar-refractivity contribution in [1.82, 2.24) is 5.32 Å². The first-order valence-electron chi connectivity index (χ1n) is 7.85. The minimum absolute atomic E-state index is 0.0101. The lowest BCUT2D eigenvalue weighted by Gasteiger charge is -2.16. The van der Waals surface area contributed by atoms with E-state index in [9.17, 15) is 9.59 Å². The number of hydrogen-bond donors (Lipinski definition) is 1. The highest BCUT2D eigenvalue weighted by molar-refractivity contribution is 7.10. The zero-order valence-electron chi connectivity index (χ0n) is 13.1. The smallest absolute Gasteiger partial charge is 0.227 e. The van der Waals surface area contributed by atoms with Crippen molar-refractivity contribution in [2.24, 2.45) is 0 Å². The maximum atomic E-state index is 12.1. The largest absolute Gasteiger partial charge is 0.348 e. The molecule has 1 aliphatic rings. The Balaban J connectivity index is 1.57. The van der Waals surface area contributed by atoms with Crippen LogP contribution in [0, 0.1) is 0 Å². The van der Waals surface area contributed by atoms with Crippen molar-refractivity contribution >= 4 is 28.8 Å². The van der Waals surface area contributed by atoms with Gasteiger partial charge in [-0.2, -0.15) is 0 Å². The van der Waals surface area contributed by atoms with Gasteiger partial charge >= 0.3 is 0 Å². The highest BCUT2D eigenvalue weighted by Crippen LogP contribution is 2.22. The van der Waals surface area contributed by atoms with Crippen molar-refractivity contribution in [2.45, 2.75) is 32.2 Å². The molecule has 0 unspecified atom stereocenters. The molecule has 3 rings (SSSR count). The highest BCUT2D eigenvalue weighted by Gasteiger charge is 2.21. The van der Waals surface area contributed by atoms with Gasteiger partial charge in [0, 0.05) is 23.5 Å². The quantitative estimate of drug-likeness (QED) is 0.915. The number of carbonyl (C=O) groups excluding carboxylic acids is 2. The zero-order valence-corrected chi connectivity index (χ0v) is 13.9. The lowest BCUT2D eigenvalue weighted by atomic mass is 10.1. The highest BCUT2D eigenvalue weighted by atomic mass is 32.1. The molecule has 0 aliphatic carbocycles. The average Bonchev–Trinajstić information content (AvgIpc) is 3.19. The number of nitrogens with one attached hydrogen (secondary N) is 1. The third-order valence-electron chi connectivity index (χ3n) is 4.03. The van der Waals surface area contributed by atoms with Crippen molar-refractivity contribution in [3.8, 4) is 0 Å². The molecule has 0 spiro atoms. The average molecular weight is 328 g/mol. The number of carbonyl (C=O) groups is 2. The Morgan fingerprint density at radius 3 is 2.70 bits per heavy atom. The first-order chi connectivity index (χ1) is 11.1. The maximum absolute atomic E-state index is 12.1. The van der Waals surface area contributed by atoms with Gasteiger partial charge in [0.2, 0.25) is 11.8 Å². The first kappa shape index (κ1) is 15.7. The Labute approximate surface area is 140 Å². The molecule has 0 radical (unpaired) electrons. The molecule has 0 saturated carbocycles. The van der Waals surface area contributed by atoms with Crippen molar-refractivity contribution in [3.05, 3.63) is 52.2 Å². The molecule has 1 atom stereocenters. The lowest BCUT2D eigenvalue weighted by Crippen LogP contribution is -2.27. The Kier molecular flexibility index (Phi) is 4.76. The van der Waals surface area contributed by atoms with Crippen molar-refractivity contribution in [2.75, 3.05) is 11.4 Å². The normalized spacial score (nSPS) is 15.7. The molecule has 1 aromatic carbocycles. The van der Waals surface area contributed by atoms with E-state index in [-0.39, 0.29) is 17.9 Å². The molecule has 1 N–H and O–H groups in total. The molecular weight excluding hydrogens is 308 g/mol. The molecule has 1 fully saturated rings. The summed E-state index contributed by atoms with van der Waals surface area (Å²) in [5.41, 5.74) is 1.87. The topological polar surface area (TPSA) is 49.4 Å². The van der Waals surface area contributed by atoms with Crippen LogP contribution in [0.1, 0.15) is 36.2 Å². The fourth-order valence-corrected chi connectivity index (χ4v) is 3.54. The van der Waals surface area contributed by atoms with Gasteiger partial charge in [-0.15, -0.1) is 11.3 Å². The Bertz CT molecular complexity index is 680. The van der Waals surface area contributed by atoms with E-state index in [0.29, 0.717) is 12.8 Å². The summed E-state index contributed by atoms with van der Waals surface area (Å²) in [6.45, 7) is 2.78. The number of hydrogen-bond acceptors (Lipinski definition) is 3. The third kappa shape index (κ3) is 3.79. The number of thiophene rings is 1. The number of benzene rings is 1. The summed E-state index contributed by atoms with van der Waals surface area (Å²) >= 11 is 1.64. The molecule has 120 valence electrons. The Hall–Kier alpha value is -2.14. The molecule has 0 bridgehead atoms. The van der Waals surface area contributed by atoms with E-state index in [4.69, 9.17) is 0 Å². The molecule has 1 saturated heterocycles. The summed E-state index contributed by atoms with van der Waals surface area (Å²) in [6, 6.07) is 11.7. The van der Waals surface area contributed by atoms with Gasteiger partial charge in [-0.25, -0.2) is 0 Å². The SMILES string of the molecule is C[C@H](NC(=O)Cc1ccc(N2CCCC2=O)cc1)c1cccs1. The predicted molar refractivity (Wildman–Crippen MR) is 92.6 cm³/mol. The van der Waals surface area contributed by atoms with Crippen LogP contribution in [0.15, 0.2) is 41.8 Å². The van der Waals surface area contributed by atoms with Gasteiger partial charge in [0.05, 0.1) is 12.5 Å². The standard InChI is InChI=1S/C18H20N2O2S/c1-13(16-4-3-11-23-16)19-17(21)12-14-6-8-15(9-7-14)20-10-2-5-18(20)22/h3-4,6-9,11,13H,2,5,10,12H2,1H3,(H,19,21)/t13-/m0/s1. The fraction of sp³-hybridized carbons (Fsp3) is 0.333. The summed E-state index contributed by atoms with van der Waals surface area (Å²) in [5.74, 6) is 0.191. The summed E-state index contributed by atoms with van der Waals surface area (Å²) < 4.78 is 0. The molecule has 23 heavy (non-hydrogen) atoms. The second-order valence-electron chi connectivity index (χ2n) is 5.80. The lowest BCUT2D eigenvalue weighted by molar-refractivity contribution is -0.121. The van der Waals surface area contributed by atoms with Crippen LogP contribution in [0.4, 0.5) is 5.69 Å². The second kappa shape index (κ2) is 6.96. The van der Waals surface area contributed by atoms with Crippen LogP contribution in [0.25, 0.3) is 0 Å². The van der Waals surface area contributed by atoms with Gasteiger partial charge in [-0.1, -0.05) is 18.2 Å². The van der Waals surface area contributed by atoms with Crippen LogP contribution in [-0.2, 0) is 16.0 Å². The minimum Gasteiger partial charge on any atom is -0.348 e. The maximum Gasteiger partial charge on any atom is 0.227 e. The van der Waals surface area contributed by atoms with Crippen LogP contribution in [-0.4, -0.2) is 18.4 Å². The molecular formula is C18H20N2O2S. The predicted octanol–water partition coefficient (Wildman–Crippen LogP) is 3.29. The zero-order chi connectivity index (χ0) is 16.2. The van der Waals surface area contributed by atoms with E-state index in [2.05, 4.69) is 5.32 Å². The molecule has 2 heterocycles. The molecule has 5 heteroatoms. The summed E-state index contributed by atoms with van der Waals surface area (Å²) in [4.78, 5) is 26.8. The molecule has 2 aromatic rings. The van der Waals surface area contributed by atoms with E-state index in [1.165, 1.54) is 0 Å². The van der Waals surface area contributed by atoms with Gasteiger partial charge in [0.1, 0.15) is 0 Å². The van der Waals surface area contributed by atoms with E-state index in [0.717, 1.165) is 29.1 Å². The van der Waals surface area contributed by atoms with E-state index in [1.807, 2.05) is 53.6 Å². The van der Waals surface area contributed by atoms with E-state index < -0.39 is 0 Å². The van der Waals surface area contributed by atoms with Crippen molar-refractivity contribution in [3.63, 3.8) is 0 Å². The van der Waals surface area contributed by atoms with Crippen molar-refractivity contribution in [1.29, 1.82) is 0 Å². The van der Waals surface area contributed by atoms with Crippen LogP contribution in [0.5, 0.6) is 0 Å². The minimum atomic E-state index is 0.0101. The van der Waals surface area contributed by atoms with Gasteiger partial charge < -0.3 is 10.2 Å². The van der Waals surface area contributed by atoms with Crippen LogP contribution < -0.4 is 10.2 Å². The van der Waals surface area contributed by atoms with E-state index >= 15 is 0 Å². The first-order valence-corrected chi connectivity index (χ1v) is 8.73. The number of rotatable bonds is 5. The number of anilines is 1. The molecule has 2 amide bonds. The summed E-state index contributed by atoms with van der Waals surface area (Å²) in [6.07, 6.45) is 1.90. The van der Waals surface area contributed by atoms with Gasteiger partial charge in [-0.05, 0) is 42.5 Å². The number of amides is 2. The summed E-state index contributed by atoms with van der Waals surface area (Å²) in [7, 11) is 0. The van der Waals surface area contributed by atoms with Crippen LogP contribution in [0.2, 0.25) is 0 Å². The monoisotopic (exact) mass is 328 g/mol. The van der Waals surface area contributed by atoms with Gasteiger partial charge in [0.25, 0.3) is 0 Å². The second-order valence-corrected chi connectivity index (χ2v) is 6.78. The molecule has 1 aromatic heterocycles. The molecule has 1 aliphatic heterocycles. The fourth-order valence-electron chi connectivity index (χ4n) is 2.80. The van der Waals surface area contributed by atoms with Gasteiger partial charge in [0.15, 0.2) is 0 Å². The Morgan fingerprint density at radius 2 is 2.09 bits per heavy atom. The molecule has 4 nitrogen and oxygen atoms in total. The van der Waals surface area contributed by atoms with Crippen LogP contribution >= 0.6 is 11.3 Å². The third-order valence-corrected chi connectivity index (χ3v) is 5.09. The van der Waals surface area contributed by atoms with Crippen molar-refractivity contribution < 1.29 is 9.59 Å². The van der Waals surface area contributed by atoms with E-state index in [1.54, 1.807) is 11.3 Å².